The van der Waals surface area contributed by atoms with Gasteiger partial charge in [0.25, 0.3) is 11.8 Å². The summed E-state index contributed by atoms with van der Waals surface area (Å²) in [7, 11) is 0. The number of hydrogen-bond acceptors (Lipinski definition) is 5. The van der Waals surface area contributed by atoms with Crippen LogP contribution in [0, 0.1) is 5.92 Å². The van der Waals surface area contributed by atoms with Crippen LogP contribution in [0.15, 0.2) is 47.1 Å². The molecular formula is C20H25N3O4. The highest BCUT2D eigenvalue weighted by Gasteiger charge is 2.29. The van der Waals surface area contributed by atoms with Gasteiger partial charge in [0.05, 0.1) is 6.26 Å². The SMILES string of the molecule is CC1CCN(C(=O)COc2cccc(NC(=O)c3ccco3)c2)C(CN)C1. The van der Waals surface area contributed by atoms with Crippen LogP contribution in [0.5, 0.6) is 5.75 Å². The number of ether oxygens (including phenoxy) is 1. The quantitative estimate of drug-likeness (QED) is 0.813. The molecule has 2 atom stereocenters. The summed E-state index contributed by atoms with van der Waals surface area (Å²) >= 11 is 0. The Bertz CT molecular complexity index is 775. The first-order valence-corrected chi connectivity index (χ1v) is 9.14. The Kier molecular flexibility index (Phi) is 6.13. The van der Waals surface area contributed by atoms with Gasteiger partial charge in [-0.3, -0.25) is 9.59 Å². The number of anilines is 1. The second kappa shape index (κ2) is 8.73. The van der Waals surface area contributed by atoms with Gasteiger partial charge >= 0.3 is 0 Å². The average Bonchev–Trinajstić information content (AvgIpc) is 3.21. The number of furan rings is 1. The van der Waals surface area contributed by atoms with Gasteiger partial charge in [-0.25, -0.2) is 0 Å². The summed E-state index contributed by atoms with van der Waals surface area (Å²) in [5, 5.41) is 2.73. The standard InChI is InChI=1S/C20H25N3O4/c1-14-7-8-23(16(10-14)12-21)19(24)13-27-17-5-2-4-15(11-17)22-20(25)18-6-3-9-26-18/h2-6,9,11,14,16H,7-8,10,12-13,21H2,1H3,(H,22,25). The Labute approximate surface area is 158 Å². The molecule has 2 unspecified atom stereocenters. The number of hydrogen-bond donors (Lipinski definition) is 2. The molecule has 0 spiro atoms. The van der Waals surface area contributed by atoms with Crippen LogP contribution in [0.25, 0.3) is 0 Å². The monoisotopic (exact) mass is 371 g/mol. The average molecular weight is 371 g/mol. The number of carbonyl (C=O) groups excluding carboxylic acids is 2. The van der Waals surface area contributed by atoms with E-state index in [0.717, 1.165) is 12.8 Å². The lowest BCUT2D eigenvalue weighted by atomic mass is 9.92. The molecule has 27 heavy (non-hydrogen) atoms. The number of nitrogens with zero attached hydrogens (tertiary/aromatic N) is 1. The van der Waals surface area contributed by atoms with Gasteiger partial charge in [-0.05, 0) is 43.0 Å². The Balaban J connectivity index is 1.56. The van der Waals surface area contributed by atoms with Crippen molar-refractivity contribution in [2.45, 2.75) is 25.8 Å². The third kappa shape index (κ3) is 4.89. The first kappa shape index (κ1) is 19.0. The Morgan fingerprint density at radius 1 is 1.33 bits per heavy atom. The number of benzene rings is 1. The van der Waals surface area contributed by atoms with Crippen LogP contribution in [0.1, 0.15) is 30.3 Å². The van der Waals surface area contributed by atoms with Crippen LogP contribution in [0.2, 0.25) is 0 Å². The Morgan fingerprint density at radius 2 is 2.19 bits per heavy atom. The van der Waals surface area contributed by atoms with Gasteiger partial charge in [0, 0.05) is 30.9 Å². The minimum Gasteiger partial charge on any atom is -0.484 e. The van der Waals surface area contributed by atoms with Gasteiger partial charge in [0.2, 0.25) is 0 Å². The predicted octanol–water partition coefficient (Wildman–Crippen LogP) is 2.50. The normalized spacial score (nSPS) is 19.6. The maximum Gasteiger partial charge on any atom is 0.291 e. The maximum absolute atomic E-state index is 12.5. The first-order valence-electron chi connectivity index (χ1n) is 9.14. The van der Waals surface area contributed by atoms with E-state index in [1.807, 2.05) is 4.90 Å². The van der Waals surface area contributed by atoms with E-state index < -0.39 is 0 Å². The Hall–Kier alpha value is -2.80. The molecule has 1 saturated heterocycles. The minimum absolute atomic E-state index is 0.0551. The molecule has 144 valence electrons. The summed E-state index contributed by atoms with van der Waals surface area (Å²) in [4.78, 5) is 26.4. The van der Waals surface area contributed by atoms with Gasteiger partial charge in [-0.1, -0.05) is 13.0 Å². The number of likely N-dealkylation sites (tertiary alicyclic amines) is 1. The molecule has 2 amide bonds. The summed E-state index contributed by atoms with van der Waals surface area (Å²) in [5.74, 6) is 0.903. The highest BCUT2D eigenvalue weighted by molar-refractivity contribution is 6.02. The molecule has 1 fully saturated rings. The van der Waals surface area contributed by atoms with Crippen molar-refractivity contribution in [2.75, 3.05) is 25.0 Å². The number of piperidine rings is 1. The topological polar surface area (TPSA) is 97.8 Å². The van der Waals surface area contributed by atoms with E-state index in [4.69, 9.17) is 14.9 Å². The lowest BCUT2D eigenvalue weighted by Gasteiger charge is -2.37. The molecule has 7 heteroatoms. The van der Waals surface area contributed by atoms with Gasteiger partial charge in [0.15, 0.2) is 12.4 Å². The van der Waals surface area contributed by atoms with E-state index >= 15 is 0 Å². The predicted molar refractivity (Wildman–Crippen MR) is 102 cm³/mol. The van der Waals surface area contributed by atoms with Crippen molar-refractivity contribution in [3.8, 4) is 5.75 Å². The van der Waals surface area contributed by atoms with Crippen LogP contribution in [-0.4, -0.2) is 42.5 Å². The molecule has 0 aliphatic carbocycles. The van der Waals surface area contributed by atoms with Gasteiger partial charge < -0.3 is 25.1 Å². The molecular weight excluding hydrogens is 346 g/mol. The van der Waals surface area contributed by atoms with E-state index in [1.54, 1.807) is 36.4 Å². The zero-order valence-corrected chi connectivity index (χ0v) is 15.4. The van der Waals surface area contributed by atoms with Crippen molar-refractivity contribution < 1.29 is 18.7 Å². The zero-order chi connectivity index (χ0) is 19.2. The fourth-order valence-corrected chi connectivity index (χ4v) is 3.30. The summed E-state index contributed by atoms with van der Waals surface area (Å²) in [6, 6.07) is 10.2. The molecule has 7 nitrogen and oxygen atoms in total. The van der Waals surface area contributed by atoms with E-state index in [-0.39, 0.29) is 30.2 Å². The van der Waals surface area contributed by atoms with Crippen LogP contribution in [-0.2, 0) is 4.79 Å². The van der Waals surface area contributed by atoms with Crippen LogP contribution in [0.3, 0.4) is 0 Å². The lowest BCUT2D eigenvalue weighted by molar-refractivity contribution is -0.137. The van der Waals surface area contributed by atoms with Crippen molar-refractivity contribution in [3.63, 3.8) is 0 Å². The van der Waals surface area contributed by atoms with Gasteiger partial charge in [0.1, 0.15) is 5.75 Å². The fourth-order valence-electron chi connectivity index (χ4n) is 3.30. The van der Waals surface area contributed by atoms with Crippen LogP contribution in [0.4, 0.5) is 5.69 Å². The number of nitrogens with one attached hydrogen (secondary N) is 1. The molecule has 3 N–H and O–H groups in total. The van der Waals surface area contributed by atoms with E-state index in [2.05, 4.69) is 12.2 Å². The third-order valence-corrected chi connectivity index (χ3v) is 4.77. The number of amides is 2. The molecule has 2 heterocycles. The first-order chi connectivity index (χ1) is 13.1. The minimum atomic E-state index is -0.346. The molecule has 0 bridgehead atoms. The summed E-state index contributed by atoms with van der Waals surface area (Å²) in [6.45, 7) is 3.30. The number of rotatable bonds is 6. The van der Waals surface area contributed by atoms with Gasteiger partial charge in [-0.2, -0.15) is 0 Å². The highest BCUT2D eigenvalue weighted by atomic mass is 16.5. The molecule has 0 saturated carbocycles. The van der Waals surface area contributed by atoms with Crippen molar-refractivity contribution in [3.05, 3.63) is 48.4 Å². The molecule has 3 rings (SSSR count). The number of carbonyl (C=O) groups is 2. The van der Waals surface area contributed by atoms with Crippen molar-refractivity contribution in [2.24, 2.45) is 11.7 Å². The third-order valence-electron chi connectivity index (χ3n) is 4.77. The smallest absolute Gasteiger partial charge is 0.291 e. The molecule has 1 aromatic carbocycles. The molecule has 1 aliphatic rings. The van der Waals surface area contributed by atoms with E-state index in [1.165, 1.54) is 6.26 Å². The zero-order valence-electron chi connectivity index (χ0n) is 15.4. The van der Waals surface area contributed by atoms with Crippen molar-refractivity contribution >= 4 is 17.5 Å². The van der Waals surface area contributed by atoms with Crippen LogP contribution >= 0.6 is 0 Å². The Morgan fingerprint density at radius 3 is 2.93 bits per heavy atom. The molecule has 1 aromatic heterocycles. The van der Waals surface area contributed by atoms with E-state index in [0.29, 0.717) is 30.4 Å². The summed E-state index contributed by atoms with van der Waals surface area (Å²) in [5.41, 5.74) is 6.39. The molecule has 0 radical (unpaired) electrons. The number of nitrogens with two attached hydrogens (primary N) is 1. The van der Waals surface area contributed by atoms with Crippen molar-refractivity contribution in [1.29, 1.82) is 0 Å². The maximum atomic E-state index is 12.5. The van der Waals surface area contributed by atoms with Crippen molar-refractivity contribution in [1.82, 2.24) is 4.90 Å². The fraction of sp³-hybridized carbons (Fsp3) is 0.400. The van der Waals surface area contributed by atoms with Crippen LogP contribution < -0.4 is 15.8 Å². The summed E-state index contributed by atoms with van der Waals surface area (Å²) < 4.78 is 10.7. The van der Waals surface area contributed by atoms with E-state index in [9.17, 15) is 9.59 Å². The second-order valence-electron chi connectivity index (χ2n) is 6.85. The lowest BCUT2D eigenvalue weighted by Crippen LogP contribution is -2.50. The second-order valence-corrected chi connectivity index (χ2v) is 6.85. The molecule has 2 aromatic rings. The molecule has 1 aliphatic heterocycles. The summed E-state index contributed by atoms with van der Waals surface area (Å²) in [6.07, 6.45) is 3.35. The highest BCUT2D eigenvalue weighted by Crippen LogP contribution is 2.23. The van der Waals surface area contributed by atoms with Gasteiger partial charge in [-0.15, -0.1) is 0 Å². The largest absolute Gasteiger partial charge is 0.484 e.